The Morgan fingerprint density at radius 3 is 2.62 bits per heavy atom. The smallest absolute Gasteiger partial charge is 0.237 e. The van der Waals surface area contributed by atoms with Crippen molar-refractivity contribution in [3.8, 4) is 6.07 Å². The van der Waals surface area contributed by atoms with Gasteiger partial charge in [0.2, 0.25) is 11.8 Å². The average Bonchev–Trinajstić information content (AvgIpc) is 2.96. The lowest BCUT2D eigenvalue weighted by Crippen LogP contribution is -2.33. The highest BCUT2D eigenvalue weighted by molar-refractivity contribution is 7.90. The van der Waals surface area contributed by atoms with Crippen LogP contribution in [-0.4, -0.2) is 45.0 Å². The number of hydrogen-bond acceptors (Lipinski definition) is 5. The molecular formula is C20H18FN3O4S. The van der Waals surface area contributed by atoms with Crippen LogP contribution < -0.4 is 5.32 Å². The van der Waals surface area contributed by atoms with Gasteiger partial charge >= 0.3 is 0 Å². The first-order valence-corrected chi connectivity index (χ1v) is 10.6. The number of halogens is 1. The second-order valence-electron chi connectivity index (χ2n) is 6.91. The third kappa shape index (κ3) is 3.98. The SMILES string of the molecule is CN1C[C@H](c2ccc(F)c(C#N)c2)[C@@H](C(=O)Nc2ccccc2S(C)(=O)=O)C1=O. The number of nitrogens with one attached hydrogen (secondary N) is 1. The van der Waals surface area contributed by atoms with E-state index in [1.165, 1.54) is 35.2 Å². The highest BCUT2D eigenvalue weighted by Crippen LogP contribution is 2.35. The third-order valence-corrected chi connectivity index (χ3v) is 6.04. The van der Waals surface area contributed by atoms with Gasteiger partial charge in [-0.1, -0.05) is 18.2 Å². The van der Waals surface area contributed by atoms with Crippen LogP contribution in [0.15, 0.2) is 47.4 Å². The summed E-state index contributed by atoms with van der Waals surface area (Å²) in [6.07, 6.45) is 1.03. The van der Waals surface area contributed by atoms with Gasteiger partial charge in [-0.25, -0.2) is 12.8 Å². The van der Waals surface area contributed by atoms with E-state index in [0.717, 1.165) is 12.3 Å². The minimum absolute atomic E-state index is 0.0581. The van der Waals surface area contributed by atoms with E-state index in [2.05, 4.69) is 5.32 Å². The van der Waals surface area contributed by atoms with E-state index in [-0.39, 0.29) is 22.7 Å². The fourth-order valence-electron chi connectivity index (χ4n) is 3.46. The number of para-hydroxylation sites is 1. The molecule has 1 saturated heterocycles. The number of benzene rings is 2. The van der Waals surface area contributed by atoms with Crippen LogP contribution in [0.25, 0.3) is 0 Å². The number of hydrogen-bond donors (Lipinski definition) is 1. The van der Waals surface area contributed by atoms with Crippen molar-refractivity contribution in [2.75, 3.05) is 25.2 Å². The van der Waals surface area contributed by atoms with Crippen molar-refractivity contribution in [1.29, 1.82) is 5.26 Å². The standard InChI is InChI=1S/C20H18FN3O4S/c1-24-11-14(12-7-8-15(21)13(9-12)10-22)18(20(24)26)19(25)23-16-5-3-4-6-17(16)29(2,27)28/h3-9,14,18H,11H2,1-2H3,(H,23,25)/t14-,18+/m1/s1. The summed E-state index contributed by atoms with van der Waals surface area (Å²) in [5, 5.41) is 11.6. The molecule has 0 unspecified atom stereocenters. The molecule has 2 aromatic carbocycles. The maximum atomic E-state index is 13.7. The number of amides is 2. The molecular weight excluding hydrogens is 397 g/mol. The van der Waals surface area contributed by atoms with Gasteiger partial charge in [0.25, 0.3) is 0 Å². The van der Waals surface area contributed by atoms with Gasteiger partial charge in [0.15, 0.2) is 9.84 Å². The maximum Gasteiger partial charge on any atom is 0.237 e. The van der Waals surface area contributed by atoms with Crippen LogP contribution in [0.2, 0.25) is 0 Å². The molecule has 1 heterocycles. The molecule has 2 amide bonds. The lowest BCUT2D eigenvalue weighted by Gasteiger charge is -2.18. The Morgan fingerprint density at radius 1 is 1.28 bits per heavy atom. The van der Waals surface area contributed by atoms with E-state index < -0.39 is 39.3 Å². The first-order chi connectivity index (χ1) is 13.6. The van der Waals surface area contributed by atoms with Crippen LogP contribution in [0, 0.1) is 23.1 Å². The normalized spacial score (nSPS) is 19.1. The molecule has 0 aromatic heterocycles. The van der Waals surface area contributed by atoms with Crippen molar-refractivity contribution in [1.82, 2.24) is 4.90 Å². The molecule has 0 spiro atoms. The largest absolute Gasteiger partial charge is 0.344 e. The van der Waals surface area contributed by atoms with Crippen LogP contribution in [-0.2, 0) is 19.4 Å². The number of rotatable bonds is 4. The zero-order valence-electron chi connectivity index (χ0n) is 15.7. The molecule has 1 N–H and O–H groups in total. The van der Waals surface area contributed by atoms with Gasteiger partial charge in [-0.05, 0) is 29.8 Å². The molecule has 0 radical (unpaired) electrons. The number of nitrogens with zero attached hydrogens (tertiary/aromatic N) is 2. The number of likely N-dealkylation sites (N-methyl/N-ethyl adjacent to an activating group) is 1. The van der Waals surface area contributed by atoms with Gasteiger partial charge in [-0.3, -0.25) is 9.59 Å². The summed E-state index contributed by atoms with van der Waals surface area (Å²) < 4.78 is 37.6. The summed E-state index contributed by atoms with van der Waals surface area (Å²) in [5.41, 5.74) is 0.390. The number of anilines is 1. The number of likely N-dealkylation sites (tertiary alicyclic amines) is 1. The van der Waals surface area contributed by atoms with Gasteiger partial charge in [0, 0.05) is 25.8 Å². The minimum atomic E-state index is -3.59. The van der Waals surface area contributed by atoms with Gasteiger partial charge in [0.05, 0.1) is 16.1 Å². The summed E-state index contributed by atoms with van der Waals surface area (Å²) >= 11 is 0. The van der Waals surface area contributed by atoms with Crippen molar-refractivity contribution in [3.05, 3.63) is 59.4 Å². The molecule has 29 heavy (non-hydrogen) atoms. The number of sulfone groups is 1. The van der Waals surface area contributed by atoms with Crippen molar-refractivity contribution in [2.24, 2.45) is 5.92 Å². The summed E-state index contributed by atoms with van der Waals surface area (Å²) in [6, 6.07) is 11.6. The van der Waals surface area contributed by atoms with Gasteiger partial charge in [0.1, 0.15) is 17.8 Å². The molecule has 1 aliphatic heterocycles. The number of carbonyl (C=O) groups excluding carboxylic acids is 2. The Hall–Kier alpha value is -3.25. The predicted octanol–water partition coefficient (Wildman–Crippen LogP) is 1.91. The molecule has 7 nitrogen and oxygen atoms in total. The Bertz CT molecular complexity index is 1140. The molecule has 9 heteroatoms. The first-order valence-electron chi connectivity index (χ1n) is 8.68. The van der Waals surface area contributed by atoms with Gasteiger partial charge in [-0.2, -0.15) is 5.26 Å². The molecule has 0 saturated carbocycles. The Morgan fingerprint density at radius 2 is 1.97 bits per heavy atom. The fraction of sp³-hybridized carbons (Fsp3) is 0.250. The summed E-state index contributed by atoms with van der Waals surface area (Å²) in [5.74, 6) is -3.53. The Labute approximate surface area is 167 Å². The van der Waals surface area contributed by atoms with Crippen LogP contribution in [0.4, 0.5) is 10.1 Å². The summed E-state index contributed by atoms with van der Waals surface area (Å²) in [4.78, 5) is 26.9. The lowest BCUT2D eigenvalue weighted by atomic mass is 9.87. The van der Waals surface area contributed by atoms with E-state index in [1.807, 2.05) is 0 Å². The number of carbonyl (C=O) groups is 2. The monoisotopic (exact) mass is 415 g/mol. The molecule has 0 bridgehead atoms. The first kappa shape index (κ1) is 20.5. The quantitative estimate of drug-likeness (QED) is 0.768. The Balaban J connectivity index is 1.97. The topological polar surface area (TPSA) is 107 Å². The molecule has 2 atom stereocenters. The molecule has 1 fully saturated rings. The average molecular weight is 415 g/mol. The summed E-state index contributed by atoms with van der Waals surface area (Å²) in [6.45, 7) is 0.209. The van der Waals surface area contributed by atoms with Crippen LogP contribution in [0.3, 0.4) is 0 Å². The van der Waals surface area contributed by atoms with E-state index in [9.17, 15) is 22.4 Å². The van der Waals surface area contributed by atoms with Crippen molar-refractivity contribution in [3.63, 3.8) is 0 Å². The lowest BCUT2D eigenvalue weighted by molar-refractivity contribution is -0.135. The summed E-state index contributed by atoms with van der Waals surface area (Å²) in [7, 11) is -2.05. The second kappa shape index (κ2) is 7.64. The third-order valence-electron chi connectivity index (χ3n) is 4.88. The van der Waals surface area contributed by atoms with Crippen molar-refractivity contribution in [2.45, 2.75) is 10.8 Å². The molecule has 0 aliphatic carbocycles. The Kier molecular flexibility index (Phi) is 5.40. The number of nitriles is 1. The molecule has 2 aromatic rings. The van der Waals surface area contributed by atoms with Crippen molar-refractivity contribution < 1.29 is 22.4 Å². The van der Waals surface area contributed by atoms with Crippen LogP contribution in [0.5, 0.6) is 0 Å². The molecule has 150 valence electrons. The zero-order valence-corrected chi connectivity index (χ0v) is 16.5. The van der Waals surface area contributed by atoms with Crippen molar-refractivity contribution >= 4 is 27.3 Å². The highest BCUT2D eigenvalue weighted by Gasteiger charge is 2.44. The predicted molar refractivity (Wildman–Crippen MR) is 103 cm³/mol. The van der Waals surface area contributed by atoms with E-state index in [4.69, 9.17) is 5.26 Å². The van der Waals surface area contributed by atoms with Crippen LogP contribution in [0.1, 0.15) is 17.0 Å². The van der Waals surface area contributed by atoms with E-state index >= 15 is 0 Å². The highest BCUT2D eigenvalue weighted by atomic mass is 32.2. The van der Waals surface area contributed by atoms with Gasteiger partial charge < -0.3 is 10.2 Å². The fourth-order valence-corrected chi connectivity index (χ4v) is 4.30. The van der Waals surface area contributed by atoms with Gasteiger partial charge in [-0.15, -0.1) is 0 Å². The minimum Gasteiger partial charge on any atom is -0.344 e. The maximum absolute atomic E-state index is 13.7. The van der Waals surface area contributed by atoms with E-state index in [0.29, 0.717) is 5.56 Å². The molecule has 1 aliphatic rings. The molecule has 3 rings (SSSR count). The van der Waals surface area contributed by atoms with Crippen LogP contribution >= 0.6 is 0 Å². The second-order valence-corrected chi connectivity index (χ2v) is 8.90. The zero-order chi connectivity index (χ0) is 21.3. The van der Waals surface area contributed by atoms with E-state index in [1.54, 1.807) is 19.2 Å².